The zero-order valence-corrected chi connectivity index (χ0v) is 17.7. The van der Waals surface area contributed by atoms with E-state index in [1.54, 1.807) is 45.6 Å². The number of likely N-dealkylation sites (tertiary alicyclic amines) is 1. The zero-order valence-electron chi connectivity index (χ0n) is 17.7. The summed E-state index contributed by atoms with van der Waals surface area (Å²) < 4.78 is 18.5. The summed E-state index contributed by atoms with van der Waals surface area (Å²) in [6, 6.07) is 9.71. The number of carbonyl (C=O) groups is 1. The number of amides is 1. The monoisotopic (exact) mass is 434 g/mol. The molecule has 0 atom stereocenters. The van der Waals surface area contributed by atoms with Gasteiger partial charge in [-0.05, 0) is 56.5 Å². The van der Waals surface area contributed by atoms with Crippen LogP contribution in [0.4, 0.5) is 4.39 Å². The van der Waals surface area contributed by atoms with E-state index in [0.29, 0.717) is 41.2 Å². The highest BCUT2D eigenvalue weighted by atomic mass is 19.1. The topological polar surface area (TPSA) is 78.0 Å². The number of piperidine rings is 1. The van der Waals surface area contributed by atoms with Crippen LogP contribution in [0.25, 0.3) is 22.4 Å². The van der Waals surface area contributed by atoms with Crippen LogP contribution in [0.1, 0.15) is 25.0 Å². The first kappa shape index (κ1) is 20.2. The van der Waals surface area contributed by atoms with Gasteiger partial charge in [0.05, 0.1) is 11.4 Å². The molecule has 1 saturated heterocycles. The van der Waals surface area contributed by atoms with Gasteiger partial charge < -0.3 is 9.47 Å². The van der Waals surface area contributed by atoms with Crippen molar-refractivity contribution in [2.24, 2.45) is 0 Å². The van der Waals surface area contributed by atoms with Crippen molar-refractivity contribution in [1.29, 1.82) is 0 Å². The van der Waals surface area contributed by atoms with E-state index >= 15 is 0 Å². The summed E-state index contributed by atoms with van der Waals surface area (Å²) in [6.07, 6.45) is 6.66. The average molecular weight is 434 g/mol. The maximum Gasteiger partial charge on any atom is 0.280 e. The van der Waals surface area contributed by atoms with Crippen LogP contribution in [-0.2, 0) is 11.3 Å². The minimum absolute atomic E-state index is 0.113. The Morgan fingerprint density at radius 1 is 1.06 bits per heavy atom. The van der Waals surface area contributed by atoms with Gasteiger partial charge in [-0.25, -0.2) is 13.8 Å². The number of aryl methyl sites for hydroxylation is 1. The minimum Gasteiger partial charge on any atom is -0.341 e. The summed E-state index contributed by atoms with van der Waals surface area (Å²) in [5, 5.41) is 9.33. The number of hydrogen-bond acceptors (Lipinski definition) is 4. The third kappa shape index (κ3) is 3.49. The van der Waals surface area contributed by atoms with Gasteiger partial charge in [0.2, 0.25) is 5.91 Å². The highest BCUT2D eigenvalue weighted by Gasteiger charge is 2.24. The molecule has 0 bridgehead atoms. The van der Waals surface area contributed by atoms with Crippen molar-refractivity contribution >= 4 is 16.8 Å². The van der Waals surface area contributed by atoms with Crippen LogP contribution < -0.4 is 5.56 Å². The van der Waals surface area contributed by atoms with Crippen LogP contribution in [0.15, 0.2) is 53.6 Å². The molecule has 1 aliphatic rings. The van der Waals surface area contributed by atoms with Crippen molar-refractivity contribution in [1.82, 2.24) is 29.0 Å². The van der Waals surface area contributed by atoms with E-state index in [9.17, 15) is 14.0 Å². The fourth-order valence-electron chi connectivity index (χ4n) is 4.24. The van der Waals surface area contributed by atoms with Crippen molar-refractivity contribution in [3.63, 3.8) is 0 Å². The van der Waals surface area contributed by atoms with Crippen LogP contribution in [0.3, 0.4) is 0 Å². The lowest BCUT2D eigenvalue weighted by atomic mass is 10.1. The molecule has 1 aliphatic heterocycles. The highest BCUT2D eigenvalue weighted by molar-refractivity contribution is 5.88. The SMILES string of the molecule is Cc1nn(CC(=O)N2CCCCC2)c(=O)c2c(-n3cccc3)n(-c3cccc(F)c3)nc12. The summed E-state index contributed by atoms with van der Waals surface area (Å²) in [6.45, 7) is 3.06. The number of aromatic nitrogens is 5. The van der Waals surface area contributed by atoms with Gasteiger partial charge in [0.1, 0.15) is 23.3 Å². The molecular formula is C23H23FN6O2. The molecule has 1 aromatic carbocycles. The molecule has 8 nitrogen and oxygen atoms in total. The molecular weight excluding hydrogens is 411 g/mol. The summed E-state index contributed by atoms with van der Waals surface area (Å²) in [5.41, 5.74) is 1.03. The number of benzene rings is 1. The van der Waals surface area contributed by atoms with Crippen molar-refractivity contribution in [3.8, 4) is 11.5 Å². The lowest BCUT2D eigenvalue weighted by molar-refractivity contribution is -0.133. The predicted molar refractivity (Wildman–Crippen MR) is 118 cm³/mol. The van der Waals surface area contributed by atoms with Crippen molar-refractivity contribution < 1.29 is 9.18 Å². The average Bonchev–Trinajstić information content (AvgIpc) is 3.46. The van der Waals surface area contributed by atoms with E-state index in [1.807, 2.05) is 12.1 Å². The van der Waals surface area contributed by atoms with Gasteiger partial charge in [0, 0.05) is 25.5 Å². The Hall–Kier alpha value is -3.75. The van der Waals surface area contributed by atoms with E-state index in [1.165, 1.54) is 16.8 Å². The molecule has 0 spiro atoms. The Balaban J connectivity index is 1.68. The maximum atomic E-state index is 14.0. The molecule has 0 unspecified atom stereocenters. The molecule has 1 amide bonds. The third-order valence-corrected chi connectivity index (χ3v) is 5.82. The predicted octanol–water partition coefficient (Wildman–Crippen LogP) is 2.83. The normalized spacial score (nSPS) is 14.2. The first-order valence-electron chi connectivity index (χ1n) is 10.7. The Bertz CT molecular complexity index is 1350. The highest BCUT2D eigenvalue weighted by Crippen LogP contribution is 2.25. The quantitative estimate of drug-likeness (QED) is 0.495. The van der Waals surface area contributed by atoms with Crippen molar-refractivity contribution in [3.05, 3.63) is 70.7 Å². The largest absolute Gasteiger partial charge is 0.341 e. The van der Waals surface area contributed by atoms with Crippen molar-refractivity contribution in [2.75, 3.05) is 13.1 Å². The Kier molecular flexibility index (Phi) is 5.08. The fourth-order valence-corrected chi connectivity index (χ4v) is 4.24. The first-order valence-corrected chi connectivity index (χ1v) is 10.7. The lowest BCUT2D eigenvalue weighted by Crippen LogP contribution is -2.40. The minimum atomic E-state index is -0.403. The number of fused-ring (bicyclic) bond motifs is 1. The molecule has 9 heteroatoms. The number of rotatable bonds is 4. The van der Waals surface area contributed by atoms with Gasteiger partial charge in [-0.2, -0.15) is 10.2 Å². The summed E-state index contributed by atoms with van der Waals surface area (Å²) >= 11 is 0. The number of nitrogens with zero attached hydrogens (tertiary/aromatic N) is 6. The van der Waals surface area contributed by atoms with Gasteiger partial charge >= 0.3 is 0 Å². The van der Waals surface area contributed by atoms with Gasteiger partial charge in [-0.15, -0.1) is 0 Å². The molecule has 0 radical (unpaired) electrons. The van der Waals surface area contributed by atoms with Crippen LogP contribution in [0.5, 0.6) is 0 Å². The molecule has 32 heavy (non-hydrogen) atoms. The number of halogens is 1. The van der Waals surface area contributed by atoms with Gasteiger partial charge in [0.15, 0.2) is 5.82 Å². The molecule has 164 valence electrons. The van der Waals surface area contributed by atoms with Gasteiger partial charge in [-0.1, -0.05) is 6.07 Å². The summed E-state index contributed by atoms with van der Waals surface area (Å²) in [7, 11) is 0. The maximum absolute atomic E-state index is 14.0. The molecule has 0 aliphatic carbocycles. The van der Waals surface area contributed by atoms with E-state index in [0.717, 1.165) is 19.3 Å². The Morgan fingerprint density at radius 3 is 2.53 bits per heavy atom. The second-order valence-corrected chi connectivity index (χ2v) is 8.02. The van der Waals surface area contributed by atoms with E-state index in [-0.39, 0.29) is 12.5 Å². The van der Waals surface area contributed by atoms with Crippen LogP contribution in [0, 0.1) is 12.7 Å². The lowest BCUT2D eigenvalue weighted by Gasteiger charge is -2.26. The second kappa shape index (κ2) is 8.07. The molecule has 4 aromatic rings. The van der Waals surface area contributed by atoms with Gasteiger partial charge in [0.25, 0.3) is 5.56 Å². The van der Waals surface area contributed by atoms with Crippen LogP contribution in [0.2, 0.25) is 0 Å². The van der Waals surface area contributed by atoms with Crippen LogP contribution >= 0.6 is 0 Å². The van der Waals surface area contributed by atoms with E-state index in [2.05, 4.69) is 10.2 Å². The Labute approximate surface area is 183 Å². The van der Waals surface area contributed by atoms with Crippen molar-refractivity contribution in [2.45, 2.75) is 32.7 Å². The standard InChI is InChI=1S/C23H23FN6O2/c1-16-21-20(23(32)29(25-16)15-19(31)27-10-3-2-4-11-27)22(28-12-5-6-13-28)30(26-21)18-9-7-8-17(24)14-18/h5-9,12-14H,2-4,10-11,15H2,1H3. The zero-order chi connectivity index (χ0) is 22.2. The molecule has 1 fully saturated rings. The molecule has 0 N–H and O–H groups in total. The Morgan fingerprint density at radius 2 is 1.81 bits per heavy atom. The van der Waals surface area contributed by atoms with Crippen LogP contribution in [-0.4, -0.2) is 48.0 Å². The molecule has 4 heterocycles. The fraction of sp³-hybridized carbons (Fsp3) is 0.304. The first-order chi connectivity index (χ1) is 15.5. The smallest absolute Gasteiger partial charge is 0.280 e. The molecule has 0 saturated carbocycles. The van der Waals surface area contributed by atoms with E-state index < -0.39 is 11.4 Å². The second-order valence-electron chi connectivity index (χ2n) is 8.02. The van der Waals surface area contributed by atoms with Gasteiger partial charge in [-0.3, -0.25) is 9.59 Å². The summed E-state index contributed by atoms with van der Waals surface area (Å²) in [4.78, 5) is 28.1. The van der Waals surface area contributed by atoms with E-state index in [4.69, 9.17) is 0 Å². The number of hydrogen-bond donors (Lipinski definition) is 0. The summed E-state index contributed by atoms with van der Waals surface area (Å²) in [5.74, 6) is -0.0387. The molecule has 3 aromatic heterocycles. The third-order valence-electron chi connectivity index (χ3n) is 5.82. The number of carbonyl (C=O) groups excluding carboxylic acids is 1. The molecule has 5 rings (SSSR count).